The molecule has 10 heavy (non-hydrogen) atoms. The van der Waals surface area contributed by atoms with Crippen molar-refractivity contribution in [3.63, 3.8) is 0 Å². The van der Waals surface area contributed by atoms with Gasteiger partial charge in [-0.1, -0.05) is 0 Å². The van der Waals surface area contributed by atoms with E-state index < -0.39 is 12.5 Å². The van der Waals surface area contributed by atoms with E-state index in [4.69, 9.17) is 15.2 Å². The van der Waals surface area contributed by atoms with Crippen LogP contribution in [0.3, 0.4) is 0 Å². The first-order chi connectivity index (χ1) is 4.59. The molecule has 0 aliphatic carbocycles. The van der Waals surface area contributed by atoms with Crippen molar-refractivity contribution in [2.24, 2.45) is 0 Å². The molecule has 0 aromatic carbocycles. The fourth-order valence-corrected chi connectivity index (χ4v) is 0.543. The maximum absolute atomic E-state index is 8.82. The van der Waals surface area contributed by atoms with Crippen LogP contribution in [0.5, 0.6) is 0 Å². The van der Waals surface area contributed by atoms with E-state index in [1.165, 1.54) is 13.8 Å². The summed E-state index contributed by atoms with van der Waals surface area (Å²) in [4.78, 5) is 0. The minimum Gasteiger partial charge on any atom is -0.428 e. The van der Waals surface area contributed by atoms with E-state index in [0.717, 1.165) is 5.06 Å². The zero-order valence-corrected chi connectivity index (χ0v) is 5.93. The second kappa shape index (κ2) is 4.65. The molecular formula is C4H11BNO4. The molecule has 0 aliphatic rings. The van der Waals surface area contributed by atoms with E-state index in [1.54, 1.807) is 0 Å². The van der Waals surface area contributed by atoms with Crippen LogP contribution in [0, 0.1) is 0 Å². The first-order valence-corrected chi connectivity index (χ1v) is 2.86. The van der Waals surface area contributed by atoms with Gasteiger partial charge in [0, 0.05) is 0 Å². The second-order valence-electron chi connectivity index (χ2n) is 1.83. The highest BCUT2D eigenvalue weighted by atomic mass is 16.7. The second-order valence-corrected chi connectivity index (χ2v) is 1.83. The van der Waals surface area contributed by atoms with Gasteiger partial charge in [-0.3, -0.25) is 0 Å². The summed E-state index contributed by atoms with van der Waals surface area (Å²) in [5.41, 5.74) is 0. The third-order valence-electron chi connectivity index (χ3n) is 0.905. The van der Waals surface area contributed by atoms with Crippen molar-refractivity contribution in [1.82, 2.24) is 5.06 Å². The van der Waals surface area contributed by atoms with Gasteiger partial charge in [0.05, 0.1) is 0 Å². The van der Waals surface area contributed by atoms with Gasteiger partial charge in [0.2, 0.25) is 0 Å². The predicted molar refractivity (Wildman–Crippen MR) is 34.3 cm³/mol. The molecule has 0 saturated carbocycles. The first kappa shape index (κ1) is 9.86. The van der Waals surface area contributed by atoms with Crippen molar-refractivity contribution in [3.05, 3.63) is 0 Å². The number of nitrogens with zero attached hydrogens (tertiary/aromatic N) is 1. The van der Waals surface area contributed by atoms with Gasteiger partial charge in [-0.25, -0.2) is 0 Å². The Balaban J connectivity index is 3.73. The third-order valence-corrected chi connectivity index (χ3v) is 0.905. The van der Waals surface area contributed by atoms with E-state index >= 15 is 0 Å². The molecule has 0 bridgehead atoms. The van der Waals surface area contributed by atoms with Crippen LogP contribution in [0.25, 0.3) is 0 Å². The minimum atomic E-state index is -0.969. The smallest absolute Gasteiger partial charge is 0.428 e. The summed E-state index contributed by atoms with van der Waals surface area (Å²) in [7, 11) is 0.388. The quantitative estimate of drug-likeness (QED) is 0.255. The summed E-state index contributed by atoms with van der Waals surface area (Å²) in [6.07, 6.45) is -1.94. The van der Waals surface area contributed by atoms with Gasteiger partial charge in [0.15, 0.2) is 0 Å². The molecule has 0 amide bonds. The molecule has 2 unspecified atom stereocenters. The normalized spacial score (nSPS) is 17.0. The standard InChI is InChI=1S/C4H11BNO4/c1-3(7)6(4(2)8)10-5-9/h3-4,7-9H,1-2H3. The minimum absolute atomic E-state index is 0.388. The molecule has 0 aromatic rings. The lowest BCUT2D eigenvalue weighted by Crippen LogP contribution is -2.40. The van der Waals surface area contributed by atoms with E-state index in [1.807, 2.05) is 0 Å². The number of aliphatic hydroxyl groups is 2. The molecule has 59 valence electrons. The van der Waals surface area contributed by atoms with Crippen molar-refractivity contribution < 1.29 is 20.0 Å². The highest BCUT2D eigenvalue weighted by Gasteiger charge is 2.16. The highest BCUT2D eigenvalue weighted by Crippen LogP contribution is 1.99. The van der Waals surface area contributed by atoms with Crippen molar-refractivity contribution in [2.45, 2.75) is 26.3 Å². The van der Waals surface area contributed by atoms with E-state index in [-0.39, 0.29) is 0 Å². The molecule has 0 fully saturated rings. The lowest BCUT2D eigenvalue weighted by molar-refractivity contribution is -0.242. The van der Waals surface area contributed by atoms with Crippen LogP contribution in [-0.2, 0) is 4.76 Å². The van der Waals surface area contributed by atoms with Crippen molar-refractivity contribution in [3.8, 4) is 0 Å². The molecule has 0 rings (SSSR count). The summed E-state index contributed by atoms with van der Waals surface area (Å²) in [5.74, 6) is 0. The maximum Gasteiger partial charge on any atom is 0.504 e. The van der Waals surface area contributed by atoms with Crippen molar-refractivity contribution in [1.29, 1.82) is 0 Å². The molecule has 1 radical (unpaired) electrons. The largest absolute Gasteiger partial charge is 0.504 e. The SMILES string of the molecule is CC(O)N(O[B]O)C(C)O. The van der Waals surface area contributed by atoms with Gasteiger partial charge in [-0.05, 0) is 13.8 Å². The molecule has 3 N–H and O–H groups in total. The molecule has 0 aliphatic heterocycles. The molecular weight excluding hydrogens is 137 g/mol. The summed E-state index contributed by atoms with van der Waals surface area (Å²) in [6.45, 7) is 2.80. The molecule has 2 atom stereocenters. The van der Waals surface area contributed by atoms with Gasteiger partial charge >= 0.3 is 7.69 Å². The number of hydrogen-bond acceptors (Lipinski definition) is 5. The lowest BCUT2D eigenvalue weighted by Gasteiger charge is -2.25. The van der Waals surface area contributed by atoms with E-state index in [9.17, 15) is 0 Å². The number of hydrogen-bond donors (Lipinski definition) is 3. The monoisotopic (exact) mass is 148 g/mol. The zero-order chi connectivity index (χ0) is 8.15. The van der Waals surface area contributed by atoms with Gasteiger partial charge in [-0.15, -0.1) is 5.06 Å². The average molecular weight is 148 g/mol. The van der Waals surface area contributed by atoms with Crippen LogP contribution in [0.4, 0.5) is 0 Å². The van der Waals surface area contributed by atoms with E-state index in [2.05, 4.69) is 4.76 Å². The van der Waals surface area contributed by atoms with Crippen molar-refractivity contribution in [2.75, 3.05) is 0 Å². The Hall–Kier alpha value is -0.135. The third kappa shape index (κ3) is 3.14. The fraction of sp³-hybridized carbons (Fsp3) is 1.00. The van der Waals surface area contributed by atoms with Crippen molar-refractivity contribution >= 4 is 7.69 Å². The number of aliphatic hydroxyl groups excluding tert-OH is 2. The van der Waals surface area contributed by atoms with Crippen LogP contribution < -0.4 is 0 Å². The molecule has 0 heterocycles. The topological polar surface area (TPSA) is 73.2 Å². The highest BCUT2D eigenvalue weighted by molar-refractivity contribution is 6.15. The lowest BCUT2D eigenvalue weighted by atomic mass is 10.4. The predicted octanol–water partition coefficient (Wildman–Crippen LogP) is -1.58. The summed E-state index contributed by atoms with van der Waals surface area (Å²) < 4.78 is 4.33. The van der Waals surface area contributed by atoms with Gasteiger partial charge < -0.3 is 20.0 Å². The average Bonchev–Trinajstić information content (AvgIpc) is 1.81. The molecule has 0 saturated heterocycles. The van der Waals surface area contributed by atoms with Gasteiger partial charge in [0.1, 0.15) is 12.5 Å². The molecule has 0 aromatic heterocycles. The summed E-state index contributed by atoms with van der Waals surface area (Å²) in [6, 6.07) is 0. The first-order valence-electron chi connectivity index (χ1n) is 2.86. The van der Waals surface area contributed by atoms with Crippen LogP contribution in [-0.4, -0.2) is 40.4 Å². The Labute approximate surface area is 60.1 Å². The van der Waals surface area contributed by atoms with E-state index in [0.29, 0.717) is 7.69 Å². The summed E-state index contributed by atoms with van der Waals surface area (Å²) >= 11 is 0. The van der Waals surface area contributed by atoms with Crippen LogP contribution in [0.15, 0.2) is 0 Å². The van der Waals surface area contributed by atoms with Crippen LogP contribution in [0.2, 0.25) is 0 Å². The zero-order valence-electron chi connectivity index (χ0n) is 5.93. The number of rotatable bonds is 4. The molecule has 6 heteroatoms. The van der Waals surface area contributed by atoms with Gasteiger partial charge in [0.25, 0.3) is 0 Å². The molecule has 5 nitrogen and oxygen atoms in total. The maximum atomic E-state index is 8.82. The fourth-order valence-electron chi connectivity index (χ4n) is 0.543. The van der Waals surface area contributed by atoms with Crippen LogP contribution in [0.1, 0.15) is 13.8 Å². The van der Waals surface area contributed by atoms with Gasteiger partial charge in [-0.2, -0.15) is 0 Å². The Bertz CT molecular complexity index is 81.3. The Morgan fingerprint density at radius 2 is 1.70 bits per heavy atom. The summed E-state index contributed by atoms with van der Waals surface area (Å²) in [5, 5.41) is 26.6. The Morgan fingerprint density at radius 1 is 1.30 bits per heavy atom. The molecule has 0 spiro atoms. The Morgan fingerprint density at radius 3 is 1.80 bits per heavy atom. The van der Waals surface area contributed by atoms with Crippen LogP contribution >= 0.6 is 0 Å². The Kier molecular flexibility index (Phi) is 4.58. The number of hydroxylamine groups is 2.